The zero-order valence-corrected chi connectivity index (χ0v) is 32.8. The Balaban J connectivity index is 1.20. The van der Waals surface area contributed by atoms with Crippen LogP contribution in [0.15, 0.2) is 217 Å². The smallest absolute Gasteiger partial charge is 0.143 e. The Morgan fingerprint density at radius 3 is 1.80 bits per heavy atom. The monoisotopic (exact) mass is 769 g/mol. The molecule has 0 aliphatic rings. The summed E-state index contributed by atoms with van der Waals surface area (Å²) in [6.07, 6.45) is 0. The van der Waals surface area contributed by atoms with Crippen molar-refractivity contribution in [1.82, 2.24) is 0 Å². The molecule has 276 valence electrons. The lowest BCUT2D eigenvalue weighted by Crippen LogP contribution is -2.13. The summed E-state index contributed by atoms with van der Waals surface area (Å²) in [6, 6.07) is 77.0. The van der Waals surface area contributed by atoms with Gasteiger partial charge in [-0.05, 0) is 57.6 Å². The molecule has 0 atom stereocenters. The zero-order valence-electron chi connectivity index (χ0n) is 32.0. The van der Waals surface area contributed by atoms with Crippen LogP contribution in [0, 0.1) is 0 Å². The maximum Gasteiger partial charge on any atom is 0.143 e. The summed E-state index contributed by atoms with van der Waals surface area (Å²) in [6.45, 7) is 0. The highest BCUT2D eigenvalue weighted by molar-refractivity contribution is 7.26. The van der Waals surface area contributed by atoms with Crippen LogP contribution >= 0.6 is 11.3 Å². The fraction of sp³-hybridized carbons (Fsp3) is 0. The van der Waals surface area contributed by atoms with Crippen molar-refractivity contribution in [3.05, 3.63) is 212 Å². The highest BCUT2D eigenvalue weighted by Crippen LogP contribution is 2.52. The molecule has 2 nitrogen and oxygen atoms in total. The topological polar surface area (TPSA) is 16.4 Å². The number of thiophene rings is 1. The van der Waals surface area contributed by atoms with E-state index in [0.717, 1.165) is 50.1 Å². The Morgan fingerprint density at radius 1 is 0.373 bits per heavy atom. The maximum atomic E-state index is 6.62. The Kier molecular flexibility index (Phi) is 7.75. The van der Waals surface area contributed by atoms with E-state index in [1.54, 1.807) is 0 Å². The lowest BCUT2D eigenvalue weighted by Gasteiger charge is -2.32. The first kappa shape index (κ1) is 33.7. The summed E-state index contributed by atoms with van der Waals surface area (Å²) >= 11 is 1.87. The molecule has 0 fully saturated rings. The van der Waals surface area contributed by atoms with Gasteiger partial charge in [0.2, 0.25) is 0 Å². The first-order valence-electron chi connectivity index (χ1n) is 20.1. The van der Waals surface area contributed by atoms with E-state index in [2.05, 4.69) is 211 Å². The molecule has 12 rings (SSSR count). The van der Waals surface area contributed by atoms with Gasteiger partial charge < -0.3 is 9.32 Å². The standard InChI is InChI=1S/C56H35NOS/c1-2-17-36(18-3-1)53-45-26-6-4-21-40(45)41-22-5-7-27-46(41)54(53)57(38-20-14-19-37(35-38)39-28-15-29-47-43-24-9-12-33-51(43)58-55(39)47)50-32-11-8-23-42(50)48-30-16-31-49-44-25-10-13-34-52(44)59-56(48)49/h1-35H. The van der Waals surface area contributed by atoms with E-state index in [1.807, 2.05) is 17.4 Å². The summed E-state index contributed by atoms with van der Waals surface area (Å²) in [5, 5.41) is 9.67. The normalized spacial score (nSPS) is 11.7. The van der Waals surface area contributed by atoms with Crippen LogP contribution < -0.4 is 4.90 Å². The molecule has 0 bridgehead atoms. The molecular weight excluding hydrogens is 735 g/mol. The minimum Gasteiger partial charge on any atom is -0.455 e. The third-order valence-corrected chi connectivity index (χ3v) is 13.1. The summed E-state index contributed by atoms with van der Waals surface area (Å²) in [4.78, 5) is 2.53. The van der Waals surface area contributed by atoms with Gasteiger partial charge in [0, 0.05) is 64.3 Å². The van der Waals surface area contributed by atoms with E-state index in [0.29, 0.717) is 0 Å². The van der Waals surface area contributed by atoms with Gasteiger partial charge in [-0.1, -0.05) is 182 Å². The molecule has 3 heteroatoms. The summed E-state index contributed by atoms with van der Waals surface area (Å²) in [5.74, 6) is 0. The Bertz CT molecular complexity index is 3580. The number of hydrogen-bond donors (Lipinski definition) is 0. The predicted molar refractivity (Wildman–Crippen MR) is 253 cm³/mol. The van der Waals surface area contributed by atoms with Crippen LogP contribution in [-0.4, -0.2) is 0 Å². The second-order valence-electron chi connectivity index (χ2n) is 15.1. The van der Waals surface area contributed by atoms with Crippen molar-refractivity contribution in [3.8, 4) is 33.4 Å². The van der Waals surface area contributed by atoms with Crippen LogP contribution in [0.1, 0.15) is 0 Å². The fourth-order valence-electron chi connectivity index (χ4n) is 9.28. The van der Waals surface area contributed by atoms with E-state index >= 15 is 0 Å². The number of furan rings is 1. The first-order valence-corrected chi connectivity index (χ1v) is 20.9. The third-order valence-electron chi connectivity index (χ3n) is 11.9. The average molecular weight is 770 g/mol. The van der Waals surface area contributed by atoms with Gasteiger partial charge in [0.05, 0.1) is 11.4 Å². The minimum absolute atomic E-state index is 0.896. The molecule has 2 aromatic heterocycles. The van der Waals surface area contributed by atoms with Crippen molar-refractivity contribution >= 4 is 92.1 Å². The highest BCUT2D eigenvalue weighted by Gasteiger charge is 2.26. The number of anilines is 3. The summed E-state index contributed by atoms with van der Waals surface area (Å²) in [7, 11) is 0. The number of benzene rings is 10. The number of fused-ring (bicyclic) bond motifs is 9. The Morgan fingerprint density at radius 2 is 0.949 bits per heavy atom. The van der Waals surface area contributed by atoms with Crippen LogP contribution in [0.5, 0.6) is 0 Å². The van der Waals surface area contributed by atoms with Crippen LogP contribution in [0.3, 0.4) is 0 Å². The molecule has 0 aliphatic carbocycles. The van der Waals surface area contributed by atoms with Crippen molar-refractivity contribution in [2.45, 2.75) is 0 Å². The SMILES string of the molecule is c1ccc(-c2c(N(c3cccc(-c4cccc5c4oc4ccccc45)c3)c3ccccc3-c3cccc4c3sc3ccccc34)c3ccccc3c3ccccc23)cc1. The molecule has 12 aromatic rings. The van der Waals surface area contributed by atoms with E-state index in [4.69, 9.17) is 4.42 Å². The quantitative estimate of drug-likeness (QED) is 0.157. The molecule has 0 aliphatic heterocycles. The van der Waals surface area contributed by atoms with Gasteiger partial charge in [0.25, 0.3) is 0 Å². The van der Waals surface area contributed by atoms with Crippen molar-refractivity contribution in [2.24, 2.45) is 0 Å². The Hall–Kier alpha value is -7.46. The van der Waals surface area contributed by atoms with Gasteiger partial charge in [-0.15, -0.1) is 11.3 Å². The van der Waals surface area contributed by atoms with Crippen LogP contribution in [0.4, 0.5) is 17.1 Å². The van der Waals surface area contributed by atoms with Crippen LogP contribution in [0.25, 0.3) is 97.0 Å². The van der Waals surface area contributed by atoms with Crippen LogP contribution in [-0.2, 0) is 0 Å². The van der Waals surface area contributed by atoms with Gasteiger partial charge in [-0.3, -0.25) is 0 Å². The predicted octanol–water partition coefficient (Wildman–Crippen LogP) is 16.7. The van der Waals surface area contributed by atoms with E-state index < -0.39 is 0 Å². The first-order chi connectivity index (χ1) is 29.3. The average Bonchev–Trinajstić information content (AvgIpc) is 3.89. The molecule has 59 heavy (non-hydrogen) atoms. The van der Waals surface area contributed by atoms with Gasteiger partial charge in [0.15, 0.2) is 0 Å². The van der Waals surface area contributed by atoms with Crippen molar-refractivity contribution < 1.29 is 4.42 Å². The summed E-state index contributed by atoms with van der Waals surface area (Å²) < 4.78 is 9.21. The molecule has 0 radical (unpaired) electrons. The molecular formula is C56H35NOS. The highest BCUT2D eigenvalue weighted by atomic mass is 32.1. The second-order valence-corrected chi connectivity index (χ2v) is 16.2. The van der Waals surface area contributed by atoms with Crippen molar-refractivity contribution in [2.75, 3.05) is 4.90 Å². The molecule has 0 saturated heterocycles. The molecule has 0 spiro atoms. The van der Waals surface area contributed by atoms with Crippen molar-refractivity contribution in [1.29, 1.82) is 0 Å². The fourth-order valence-corrected chi connectivity index (χ4v) is 10.5. The molecule has 2 heterocycles. The number of hydrogen-bond acceptors (Lipinski definition) is 3. The number of para-hydroxylation sites is 3. The number of rotatable bonds is 6. The lowest BCUT2D eigenvalue weighted by atomic mass is 9.89. The molecule has 10 aromatic carbocycles. The zero-order chi connectivity index (χ0) is 38.9. The largest absolute Gasteiger partial charge is 0.455 e. The molecule has 0 unspecified atom stereocenters. The summed E-state index contributed by atoms with van der Waals surface area (Å²) in [5.41, 5.74) is 12.0. The lowest BCUT2D eigenvalue weighted by molar-refractivity contribution is 0.670. The molecule has 0 amide bonds. The van der Waals surface area contributed by atoms with Crippen molar-refractivity contribution in [3.63, 3.8) is 0 Å². The second kappa shape index (κ2) is 13.6. The molecule has 0 N–H and O–H groups in total. The van der Waals surface area contributed by atoms with E-state index in [9.17, 15) is 0 Å². The van der Waals surface area contributed by atoms with Gasteiger partial charge in [-0.2, -0.15) is 0 Å². The van der Waals surface area contributed by atoms with Gasteiger partial charge >= 0.3 is 0 Å². The van der Waals surface area contributed by atoms with Gasteiger partial charge in [0.1, 0.15) is 11.2 Å². The maximum absolute atomic E-state index is 6.62. The molecule has 0 saturated carbocycles. The number of nitrogens with zero attached hydrogens (tertiary/aromatic N) is 1. The van der Waals surface area contributed by atoms with E-state index in [-0.39, 0.29) is 0 Å². The Labute approximate surface area is 345 Å². The van der Waals surface area contributed by atoms with Crippen LogP contribution in [0.2, 0.25) is 0 Å². The van der Waals surface area contributed by atoms with Gasteiger partial charge in [-0.25, -0.2) is 0 Å². The minimum atomic E-state index is 0.896. The van der Waals surface area contributed by atoms with E-state index in [1.165, 1.54) is 64.0 Å². The third kappa shape index (κ3) is 5.33.